The summed E-state index contributed by atoms with van der Waals surface area (Å²) in [5, 5.41) is 11.0. The SMILES string of the molecule is Cn1ncc2ccc(-n3ncc4ccccc43)cc21. The molecule has 0 N–H and O–H groups in total. The Kier molecular flexibility index (Phi) is 2.00. The zero-order chi connectivity index (χ0) is 12.8. The first-order valence-electron chi connectivity index (χ1n) is 6.18. The van der Waals surface area contributed by atoms with Crippen molar-refractivity contribution in [3.05, 3.63) is 54.9 Å². The van der Waals surface area contributed by atoms with Crippen LogP contribution in [0.5, 0.6) is 0 Å². The molecule has 4 nitrogen and oxygen atoms in total. The lowest BCUT2D eigenvalue weighted by atomic mass is 10.2. The minimum Gasteiger partial charge on any atom is -0.268 e. The fourth-order valence-electron chi connectivity index (χ4n) is 2.44. The van der Waals surface area contributed by atoms with E-state index in [1.807, 2.05) is 40.9 Å². The van der Waals surface area contributed by atoms with Gasteiger partial charge in [0.15, 0.2) is 0 Å². The largest absolute Gasteiger partial charge is 0.268 e. The number of hydrogen-bond donors (Lipinski definition) is 0. The number of nitrogens with zero attached hydrogens (tertiary/aromatic N) is 4. The zero-order valence-corrected chi connectivity index (χ0v) is 10.5. The number of para-hydroxylation sites is 1. The van der Waals surface area contributed by atoms with Gasteiger partial charge in [0, 0.05) is 17.8 Å². The molecule has 0 aliphatic rings. The lowest BCUT2D eigenvalue weighted by molar-refractivity contribution is 0.796. The van der Waals surface area contributed by atoms with Crippen LogP contribution in [0.4, 0.5) is 0 Å². The fraction of sp³-hybridized carbons (Fsp3) is 0.0667. The number of benzene rings is 2. The molecular weight excluding hydrogens is 236 g/mol. The van der Waals surface area contributed by atoms with Gasteiger partial charge in [-0.15, -0.1) is 0 Å². The highest BCUT2D eigenvalue weighted by atomic mass is 15.3. The van der Waals surface area contributed by atoms with Crippen molar-refractivity contribution in [3.63, 3.8) is 0 Å². The molecule has 4 heteroatoms. The normalized spacial score (nSPS) is 11.4. The molecule has 4 aromatic rings. The van der Waals surface area contributed by atoms with Crippen molar-refractivity contribution in [1.82, 2.24) is 19.6 Å². The Morgan fingerprint density at radius 2 is 1.63 bits per heavy atom. The van der Waals surface area contributed by atoms with E-state index in [4.69, 9.17) is 0 Å². The second-order valence-electron chi connectivity index (χ2n) is 4.63. The summed E-state index contributed by atoms with van der Waals surface area (Å²) < 4.78 is 3.84. The second kappa shape index (κ2) is 3.68. The van der Waals surface area contributed by atoms with Crippen molar-refractivity contribution in [2.24, 2.45) is 7.05 Å². The highest BCUT2D eigenvalue weighted by Crippen LogP contribution is 2.21. The van der Waals surface area contributed by atoms with Gasteiger partial charge in [0.2, 0.25) is 0 Å². The van der Waals surface area contributed by atoms with Gasteiger partial charge in [0.25, 0.3) is 0 Å². The highest BCUT2D eigenvalue weighted by Gasteiger charge is 2.06. The van der Waals surface area contributed by atoms with Crippen molar-refractivity contribution in [3.8, 4) is 5.69 Å². The summed E-state index contributed by atoms with van der Waals surface area (Å²) in [5.41, 5.74) is 3.28. The van der Waals surface area contributed by atoms with Crippen LogP contribution in [-0.2, 0) is 7.05 Å². The van der Waals surface area contributed by atoms with Crippen LogP contribution in [0.15, 0.2) is 54.9 Å². The van der Waals surface area contributed by atoms with E-state index in [-0.39, 0.29) is 0 Å². The monoisotopic (exact) mass is 248 g/mol. The van der Waals surface area contributed by atoms with Gasteiger partial charge >= 0.3 is 0 Å². The summed E-state index contributed by atoms with van der Waals surface area (Å²) in [6, 6.07) is 14.5. The summed E-state index contributed by atoms with van der Waals surface area (Å²) in [5.74, 6) is 0. The van der Waals surface area contributed by atoms with Gasteiger partial charge < -0.3 is 0 Å². The number of aromatic nitrogens is 4. The van der Waals surface area contributed by atoms with Crippen LogP contribution in [0.1, 0.15) is 0 Å². The smallest absolute Gasteiger partial charge is 0.0741 e. The maximum Gasteiger partial charge on any atom is 0.0741 e. The fourth-order valence-corrected chi connectivity index (χ4v) is 2.44. The quantitative estimate of drug-likeness (QED) is 0.519. The summed E-state index contributed by atoms with van der Waals surface area (Å²) in [6.45, 7) is 0. The molecule has 0 amide bonds. The molecule has 0 bridgehead atoms. The van der Waals surface area contributed by atoms with Crippen LogP contribution in [0, 0.1) is 0 Å². The van der Waals surface area contributed by atoms with E-state index < -0.39 is 0 Å². The summed E-state index contributed by atoms with van der Waals surface area (Å²) in [4.78, 5) is 0. The minimum atomic E-state index is 1.05. The molecule has 0 spiro atoms. The molecule has 92 valence electrons. The van der Waals surface area contributed by atoms with Crippen LogP contribution in [0.25, 0.3) is 27.5 Å². The average Bonchev–Trinajstić information content (AvgIpc) is 3.03. The van der Waals surface area contributed by atoms with Crippen molar-refractivity contribution in [2.75, 3.05) is 0 Å². The Balaban J connectivity index is 2.01. The van der Waals surface area contributed by atoms with Gasteiger partial charge in [0.05, 0.1) is 29.1 Å². The van der Waals surface area contributed by atoms with Crippen molar-refractivity contribution >= 4 is 21.8 Å². The molecule has 0 saturated carbocycles. The van der Waals surface area contributed by atoms with Gasteiger partial charge in [-0.1, -0.05) is 18.2 Å². The van der Waals surface area contributed by atoms with E-state index in [1.54, 1.807) is 0 Å². The van der Waals surface area contributed by atoms with Gasteiger partial charge in [-0.3, -0.25) is 4.68 Å². The molecule has 0 unspecified atom stereocenters. The van der Waals surface area contributed by atoms with Crippen LogP contribution < -0.4 is 0 Å². The van der Waals surface area contributed by atoms with Crippen LogP contribution in [-0.4, -0.2) is 19.6 Å². The summed E-state index contributed by atoms with van der Waals surface area (Å²) in [7, 11) is 1.95. The Morgan fingerprint density at radius 1 is 0.842 bits per heavy atom. The average molecular weight is 248 g/mol. The van der Waals surface area contributed by atoms with Gasteiger partial charge in [-0.25, -0.2) is 4.68 Å². The van der Waals surface area contributed by atoms with Crippen molar-refractivity contribution in [2.45, 2.75) is 0 Å². The molecule has 0 saturated heterocycles. The molecule has 19 heavy (non-hydrogen) atoms. The van der Waals surface area contributed by atoms with Gasteiger partial charge in [-0.2, -0.15) is 10.2 Å². The van der Waals surface area contributed by atoms with Crippen molar-refractivity contribution in [1.29, 1.82) is 0 Å². The van der Waals surface area contributed by atoms with Gasteiger partial charge in [0.1, 0.15) is 0 Å². The first kappa shape index (κ1) is 10.3. The molecular formula is C15H12N4. The molecule has 0 radical (unpaired) electrons. The van der Waals surface area contributed by atoms with Crippen LogP contribution in [0.3, 0.4) is 0 Å². The zero-order valence-electron chi connectivity index (χ0n) is 10.5. The van der Waals surface area contributed by atoms with E-state index in [9.17, 15) is 0 Å². The lowest BCUT2D eigenvalue weighted by Crippen LogP contribution is -1.96. The van der Waals surface area contributed by atoms with E-state index >= 15 is 0 Å². The van der Waals surface area contributed by atoms with E-state index in [0.717, 1.165) is 27.5 Å². The Bertz CT molecular complexity index is 885. The molecule has 4 rings (SSSR count). The number of fused-ring (bicyclic) bond motifs is 2. The minimum absolute atomic E-state index is 1.05. The topological polar surface area (TPSA) is 35.6 Å². The molecule has 0 fully saturated rings. The third kappa shape index (κ3) is 1.46. The lowest BCUT2D eigenvalue weighted by Gasteiger charge is -2.04. The standard InChI is InChI=1S/C15H12N4/c1-18-15-8-13(7-6-12(15)9-16-18)19-14-5-3-2-4-11(14)10-17-19/h2-10H,1H3. The number of hydrogen-bond acceptors (Lipinski definition) is 2. The third-order valence-electron chi connectivity index (χ3n) is 3.45. The molecule has 0 aliphatic carbocycles. The molecule has 2 heterocycles. The first-order valence-corrected chi connectivity index (χ1v) is 6.18. The van der Waals surface area contributed by atoms with Crippen LogP contribution >= 0.6 is 0 Å². The maximum absolute atomic E-state index is 4.47. The predicted octanol–water partition coefficient (Wildman–Crippen LogP) is 2.91. The maximum atomic E-state index is 4.47. The third-order valence-corrected chi connectivity index (χ3v) is 3.45. The Hall–Kier alpha value is -2.62. The number of aryl methyl sites for hydroxylation is 1. The van der Waals surface area contributed by atoms with E-state index in [0.29, 0.717) is 0 Å². The van der Waals surface area contributed by atoms with E-state index in [1.165, 1.54) is 0 Å². The van der Waals surface area contributed by atoms with E-state index in [2.05, 4.69) is 40.5 Å². The molecule has 0 atom stereocenters. The second-order valence-corrected chi connectivity index (χ2v) is 4.63. The van der Waals surface area contributed by atoms with Crippen molar-refractivity contribution < 1.29 is 0 Å². The Morgan fingerprint density at radius 3 is 2.58 bits per heavy atom. The first-order chi connectivity index (χ1) is 9.33. The van der Waals surface area contributed by atoms with Gasteiger partial charge in [-0.05, 0) is 24.3 Å². The number of rotatable bonds is 1. The van der Waals surface area contributed by atoms with Crippen LogP contribution in [0.2, 0.25) is 0 Å². The molecule has 2 aromatic carbocycles. The summed E-state index contributed by atoms with van der Waals surface area (Å²) in [6.07, 6.45) is 3.77. The predicted molar refractivity (Wildman–Crippen MR) is 75.3 cm³/mol. The summed E-state index contributed by atoms with van der Waals surface area (Å²) >= 11 is 0. The Labute approximate surface area is 109 Å². The highest BCUT2D eigenvalue weighted by molar-refractivity contribution is 5.83. The molecule has 2 aromatic heterocycles. The molecule has 0 aliphatic heterocycles.